The number of rotatable bonds is 4. The molecule has 0 fully saturated rings. The molecule has 0 atom stereocenters. The first kappa shape index (κ1) is 15.4. The van der Waals surface area contributed by atoms with Crippen molar-refractivity contribution < 1.29 is 4.79 Å². The third kappa shape index (κ3) is 3.11. The van der Waals surface area contributed by atoms with E-state index in [2.05, 4.69) is 23.9 Å². The van der Waals surface area contributed by atoms with Crippen LogP contribution < -0.4 is 0 Å². The average Bonchev–Trinajstić information content (AvgIpc) is 3.31. The second-order valence-electron chi connectivity index (χ2n) is 5.65. The molecule has 124 valence electrons. The molecule has 0 unspecified atom stereocenters. The van der Waals surface area contributed by atoms with Gasteiger partial charge in [0.05, 0.1) is 17.4 Å². The summed E-state index contributed by atoms with van der Waals surface area (Å²) in [4.78, 5) is 18.3. The van der Waals surface area contributed by atoms with Crippen molar-refractivity contribution in [2.45, 2.75) is 6.54 Å². The van der Waals surface area contributed by atoms with Gasteiger partial charge in [-0.3, -0.25) is 14.9 Å². The molecule has 25 heavy (non-hydrogen) atoms. The molecule has 0 aliphatic rings. The first-order valence-corrected chi connectivity index (χ1v) is 8.36. The Bertz CT molecular complexity index is 1030. The number of benzene rings is 1. The van der Waals surface area contributed by atoms with Crippen LogP contribution in [0.4, 0.5) is 0 Å². The predicted octanol–water partition coefficient (Wildman–Crippen LogP) is 2.75. The standard InChI is InChI=1S/C17H14N6OS/c1-23(10-11-2-3-13-15(8-11)22-25-21-13)17(24)16-9-14(19-20-16)12-4-6-18-7-5-12/h2-9H,10H2,1H3,(H,19,20). The lowest BCUT2D eigenvalue weighted by molar-refractivity contribution is 0.0779. The van der Waals surface area contributed by atoms with Crippen LogP contribution in [-0.4, -0.2) is 41.8 Å². The molecule has 0 saturated carbocycles. The van der Waals surface area contributed by atoms with E-state index >= 15 is 0 Å². The van der Waals surface area contributed by atoms with Crippen LogP contribution in [0.1, 0.15) is 16.1 Å². The Balaban J connectivity index is 1.51. The van der Waals surface area contributed by atoms with Gasteiger partial charge in [-0.05, 0) is 35.9 Å². The summed E-state index contributed by atoms with van der Waals surface area (Å²) in [5, 5.41) is 7.03. The number of hydrogen-bond donors (Lipinski definition) is 1. The summed E-state index contributed by atoms with van der Waals surface area (Å²) in [6.07, 6.45) is 3.39. The van der Waals surface area contributed by atoms with Crippen LogP contribution in [0.25, 0.3) is 22.3 Å². The Morgan fingerprint density at radius 1 is 1.12 bits per heavy atom. The molecule has 1 amide bonds. The Labute approximate surface area is 147 Å². The van der Waals surface area contributed by atoms with Gasteiger partial charge >= 0.3 is 0 Å². The molecule has 8 heteroatoms. The summed E-state index contributed by atoms with van der Waals surface area (Å²) >= 11 is 1.19. The number of carbonyl (C=O) groups excluding carboxylic acids is 1. The van der Waals surface area contributed by atoms with Gasteiger partial charge in [0.25, 0.3) is 5.91 Å². The van der Waals surface area contributed by atoms with Crippen molar-refractivity contribution >= 4 is 28.7 Å². The molecule has 4 rings (SSSR count). The maximum Gasteiger partial charge on any atom is 0.271 e. The van der Waals surface area contributed by atoms with E-state index in [9.17, 15) is 4.79 Å². The van der Waals surface area contributed by atoms with Gasteiger partial charge in [0.15, 0.2) is 0 Å². The Kier molecular flexibility index (Phi) is 3.95. The molecular formula is C17H14N6OS. The number of aromatic amines is 1. The highest BCUT2D eigenvalue weighted by molar-refractivity contribution is 7.00. The molecule has 0 radical (unpaired) electrons. The van der Waals surface area contributed by atoms with Gasteiger partial charge in [-0.2, -0.15) is 13.8 Å². The summed E-state index contributed by atoms with van der Waals surface area (Å²) in [6.45, 7) is 0.482. The van der Waals surface area contributed by atoms with Crippen LogP contribution in [0.2, 0.25) is 0 Å². The zero-order valence-corrected chi connectivity index (χ0v) is 14.2. The highest BCUT2D eigenvalue weighted by Crippen LogP contribution is 2.18. The van der Waals surface area contributed by atoms with E-state index in [0.717, 1.165) is 22.2 Å². The maximum absolute atomic E-state index is 12.6. The Hall–Kier alpha value is -3.13. The molecule has 3 heterocycles. The van der Waals surface area contributed by atoms with E-state index < -0.39 is 0 Å². The average molecular weight is 350 g/mol. The van der Waals surface area contributed by atoms with Gasteiger partial charge in [-0.1, -0.05) is 6.07 Å². The predicted molar refractivity (Wildman–Crippen MR) is 95.0 cm³/mol. The molecule has 0 spiro atoms. The van der Waals surface area contributed by atoms with Gasteiger partial charge in [0.2, 0.25) is 0 Å². The number of nitrogens with zero attached hydrogens (tertiary/aromatic N) is 5. The number of amides is 1. The lowest BCUT2D eigenvalue weighted by Crippen LogP contribution is -2.26. The SMILES string of the molecule is CN(Cc1ccc2nsnc2c1)C(=O)c1cc(-c2ccncc2)n[nH]1. The highest BCUT2D eigenvalue weighted by Gasteiger charge is 2.16. The van der Waals surface area contributed by atoms with E-state index in [1.807, 2.05) is 30.3 Å². The van der Waals surface area contributed by atoms with Crippen molar-refractivity contribution in [3.05, 3.63) is 60.0 Å². The molecule has 4 aromatic rings. The third-order valence-corrected chi connectivity index (χ3v) is 4.43. The fourth-order valence-electron chi connectivity index (χ4n) is 2.58. The minimum atomic E-state index is -0.121. The molecule has 0 bridgehead atoms. The summed E-state index contributed by atoms with van der Waals surface area (Å²) in [7, 11) is 1.76. The topological polar surface area (TPSA) is 87.7 Å². The lowest BCUT2D eigenvalue weighted by Gasteiger charge is -2.16. The van der Waals surface area contributed by atoms with Crippen LogP contribution in [0.5, 0.6) is 0 Å². The van der Waals surface area contributed by atoms with Crippen LogP contribution in [0.15, 0.2) is 48.8 Å². The van der Waals surface area contributed by atoms with E-state index in [-0.39, 0.29) is 5.91 Å². The smallest absolute Gasteiger partial charge is 0.271 e. The largest absolute Gasteiger partial charge is 0.336 e. The number of H-pyrrole nitrogens is 1. The number of carbonyl (C=O) groups is 1. The quantitative estimate of drug-likeness (QED) is 0.611. The van der Waals surface area contributed by atoms with Crippen molar-refractivity contribution in [1.82, 2.24) is 28.8 Å². The zero-order valence-electron chi connectivity index (χ0n) is 13.4. The van der Waals surface area contributed by atoms with Crippen LogP contribution in [0, 0.1) is 0 Å². The minimum absolute atomic E-state index is 0.121. The normalized spacial score (nSPS) is 10.9. The van der Waals surface area contributed by atoms with E-state index in [0.29, 0.717) is 17.9 Å². The summed E-state index contributed by atoms with van der Waals surface area (Å²) in [5.41, 5.74) is 4.81. The van der Waals surface area contributed by atoms with E-state index in [1.165, 1.54) is 11.7 Å². The fraction of sp³-hybridized carbons (Fsp3) is 0.118. The van der Waals surface area contributed by atoms with Gasteiger partial charge < -0.3 is 4.90 Å². The molecular weight excluding hydrogens is 336 g/mol. The molecule has 7 nitrogen and oxygen atoms in total. The molecule has 0 aliphatic heterocycles. The van der Waals surface area contributed by atoms with Gasteiger partial charge in [-0.25, -0.2) is 0 Å². The first-order chi connectivity index (χ1) is 12.2. The Morgan fingerprint density at radius 3 is 2.76 bits per heavy atom. The molecule has 1 N–H and O–H groups in total. The molecule has 1 aromatic carbocycles. The monoisotopic (exact) mass is 350 g/mol. The maximum atomic E-state index is 12.6. The first-order valence-electron chi connectivity index (χ1n) is 7.63. The number of hydrogen-bond acceptors (Lipinski definition) is 6. The van der Waals surface area contributed by atoms with Crippen molar-refractivity contribution in [2.75, 3.05) is 7.05 Å². The number of aromatic nitrogens is 5. The van der Waals surface area contributed by atoms with Crippen molar-refractivity contribution in [3.8, 4) is 11.3 Å². The summed E-state index contributed by atoms with van der Waals surface area (Å²) < 4.78 is 8.42. The number of fused-ring (bicyclic) bond motifs is 1. The molecule has 3 aromatic heterocycles. The second-order valence-corrected chi connectivity index (χ2v) is 6.18. The van der Waals surface area contributed by atoms with Crippen molar-refractivity contribution in [2.24, 2.45) is 0 Å². The van der Waals surface area contributed by atoms with Gasteiger partial charge in [0.1, 0.15) is 16.7 Å². The summed E-state index contributed by atoms with van der Waals surface area (Å²) in [5.74, 6) is -0.121. The Morgan fingerprint density at radius 2 is 1.92 bits per heavy atom. The fourth-order valence-corrected chi connectivity index (χ4v) is 3.10. The van der Waals surface area contributed by atoms with Crippen molar-refractivity contribution in [3.63, 3.8) is 0 Å². The van der Waals surface area contributed by atoms with Crippen LogP contribution in [0.3, 0.4) is 0 Å². The van der Waals surface area contributed by atoms with Crippen LogP contribution in [-0.2, 0) is 6.54 Å². The van der Waals surface area contributed by atoms with Gasteiger partial charge in [0, 0.05) is 31.5 Å². The van der Waals surface area contributed by atoms with E-state index in [4.69, 9.17) is 0 Å². The third-order valence-electron chi connectivity index (χ3n) is 3.87. The van der Waals surface area contributed by atoms with Gasteiger partial charge in [-0.15, -0.1) is 0 Å². The molecule has 0 saturated heterocycles. The van der Waals surface area contributed by atoms with Crippen LogP contribution >= 0.6 is 11.7 Å². The number of nitrogens with one attached hydrogen (secondary N) is 1. The highest BCUT2D eigenvalue weighted by atomic mass is 32.1. The van der Waals surface area contributed by atoms with E-state index in [1.54, 1.807) is 30.4 Å². The zero-order chi connectivity index (χ0) is 17.2. The lowest BCUT2D eigenvalue weighted by atomic mass is 10.1. The number of pyridine rings is 1. The molecule has 0 aliphatic carbocycles. The minimum Gasteiger partial charge on any atom is -0.336 e. The second kappa shape index (κ2) is 6.40. The summed E-state index contributed by atoms with van der Waals surface area (Å²) in [6, 6.07) is 11.3. The van der Waals surface area contributed by atoms with Crippen molar-refractivity contribution in [1.29, 1.82) is 0 Å².